The molecule has 0 radical (unpaired) electrons. The van der Waals surface area contributed by atoms with Crippen LogP contribution >= 0.6 is 0 Å². The lowest BCUT2D eigenvalue weighted by Crippen LogP contribution is -2.47. The van der Waals surface area contributed by atoms with E-state index in [9.17, 15) is 19.5 Å². The number of amides is 3. The van der Waals surface area contributed by atoms with Gasteiger partial charge in [0, 0.05) is 26.2 Å². The maximum absolute atomic E-state index is 13.0. The summed E-state index contributed by atoms with van der Waals surface area (Å²) in [6, 6.07) is 6.67. The average Bonchev–Trinajstić information content (AvgIpc) is 2.68. The number of likely N-dealkylation sites (tertiary alicyclic amines) is 2. The van der Waals surface area contributed by atoms with E-state index in [1.165, 1.54) is 4.90 Å². The number of piperidine rings is 2. The molecule has 0 aromatic heterocycles. The minimum Gasteiger partial charge on any atom is -0.481 e. The summed E-state index contributed by atoms with van der Waals surface area (Å²) in [5, 5.41) is 12.2. The van der Waals surface area contributed by atoms with Crippen molar-refractivity contribution < 1.29 is 19.5 Å². The Hall–Kier alpha value is -2.57. The fourth-order valence-electron chi connectivity index (χ4n) is 4.05. The number of rotatable bonds is 3. The lowest BCUT2D eigenvalue weighted by molar-refractivity contribution is -0.143. The van der Waals surface area contributed by atoms with E-state index in [0.717, 1.165) is 25.9 Å². The van der Waals surface area contributed by atoms with E-state index < -0.39 is 11.9 Å². The minimum absolute atomic E-state index is 0.0711. The van der Waals surface area contributed by atoms with Crippen molar-refractivity contribution in [1.29, 1.82) is 0 Å². The van der Waals surface area contributed by atoms with Crippen molar-refractivity contribution in [2.75, 3.05) is 31.5 Å². The van der Waals surface area contributed by atoms with Crippen LogP contribution in [0.15, 0.2) is 24.3 Å². The van der Waals surface area contributed by atoms with Gasteiger partial charge < -0.3 is 20.2 Å². The lowest BCUT2D eigenvalue weighted by Gasteiger charge is -2.35. The second-order valence-corrected chi connectivity index (χ2v) is 8.23. The van der Waals surface area contributed by atoms with Crippen LogP contribution in [0.5, 0.6) is 0 Å². The fourth-order valence-corrected chi connectivity index (χ4v) is 4.05. The number of carbonyl (C=O) groups excluding carboxylic acids is 2. The third-order valence-electron chi connectivity index (χ3n) is 5.77. The van der Waals surface area contributed by atoms with Crippen LogP contribution < -0.4 is 5.32 Å². The van der Waals surface area contributed by atoms with Gasteiger partial charge in [-0.05, 0) is 43.2 Å². The van der Waals surface area contributed by atoms with Gasteiger partial charge in [0.25, 0.3) is 5.91 Å². The molecule has 0 spiro atoms. The third kappa shape index (κ3) is 4.64. The Morgan fingerprint density at radius 2 is 1.68 bits per heavy atom. The predicted molar refractivity (Wildman–Crippen MR) is 106 cm³/mol. The number of nitrogens with one attached hydrogen (secondary N) is 1. The number of hydrogen-bond donors (Lipinski definition) is 2. The Bertz CT molecular complexity index is 743. The van der Waals surface area contributed by atoms with E-state index in [-0.39, 0.29) is 24.4 Å². The molecule has 2 fully saturated rings. The zero-order valence-corrected chi connectivity index (χ0v) is 16.6. The van der Waals surface area contributed by atoms with Crippen LogP contribution in [0.4, 0.5) is 10.5 Å². The smallest absolute Gasteiger partial charge is 0.321 e. The number of carbonyl (C=O) groups is 3. The van der Waals surface area contributed by atoms with Gasteiger partial charge in [-0.15, -0.1) is 0 Å². The van der Waals surface area contributed by atoms with Gasteiger partial charge in [0.2, 0.25) is 0 Å². The van der Waals surface area contributed by atoms with Crippen molar-refractivity contribution in [3.8, 4) is 0 Å². The average molecular weight is 387 g/mol. The minimum atomic E-state index is -0.876. The maximum atomic E-state index is 13.0. The standard InChI is InChI=1S/C21H29N3O4/c1-14-7-9-23(10-8-14)19(25)17-5-3-4-6-18(17)22-21(28)24-12-15(2)11-16(13-24)20(26)27/h3-6,14-16H,7-13H2,1-2H3,(H,22,28)(H,26,27). The molecule has 2 atom stereocenters. The molecule has 3 amide bonds. The highest BCUT2D eigenvalue weighted by atomic mass is 16.4. The highest BCUT2D eigenvalue weighted by Gasteiger charge is 2.32. The number of carboxylic acids is 1. The van der Waals surface area contributed by atoms with Crippen LogP contribution in [0, 0.1) is 17.8 Å². The van der Waals surface area contributed by atoms with E-state index >= 15 is 0 Å². The quantitative estimate of drug-likeness (QED) is 0.834. The number of nitrogens with zero attached hydrogens (tertiary/aromatic N) is 2. The van der Waals surface area contributed by atoms with Gasteiger partial charge in [-0.2, -0.15) is 0 Å². The second kappa shape index (κ2) is 8.63. The number of benzene rings is 1. The fraction of sp³-hybridized carbons (Fsp3) is 0.571. The molecule has 2 aliphatic heterocycles. The number of anilines is 1. The Labute approximate surface area is 165 Å². The molecule has 1 aromatic carbocycles. The van der Waals surface area contributed by atoms with Crippen LogP contribution in [0.25, 0.3) is 0 Å². The molecule has 7 nitrogen and oxygen atoms in total. The first-order chi connectivity index (χ1) is 13.3. The SMILES string of the molecule is CC1CCN(C(=O)c2ccccc2NC(=O)N2CC(C)CC(C(=O)O)C2)CC1. The molecule has 2 N–H and O–H groups in total. The van der Waals surface area contributed by atoms with Gasteiger partial charge >= 0.3 is 12.0 Å². The Morgan fingerprint density at radius 3 is 2.36 bits per heavy atom. The van der Waals surface area contributed by atoms with Gasteiger partial charge in [0.1, 0.15) is 0 Å². The first-order valence-corrected chi connectivity index (χ1v) is 10.0. The van der Waals surface area contributed by atoms with E-state index in [0.29, 0.717) is 30.1 Å². The summed E-state index contributed by atoms with van der Waals surface area (Å²) in [5.74, 6) is -0.755. The van der Waals surface area contributed by atoms with Crippen molar-refractivity contribution in [2.24, 2.45) is 17.8 Å². The largest absolute Gasteiger partial charge is 0.481 e. The van der Waals surface area contributed by atoms with Crippen molar-refractivity contribution in [3.05, 3.63) is 29.8 Å². The number of para-hydroxylation sites is 1. The Kier molecular flexibility index (Phi) is 6.21. The van der Waals surface area contributed by atoms with Gasteiger partial charge in [-0.3, -0.25) is 9.59 Å². The first-order valence-electron chi connectivity index (χ1n) is 10.0. The molecule has 28 heavy (non-hydrogen) atoms. The van der Waals surface area contributed by atoms with Gasteiger partial charge in [0.15, 0.2) is 0 Å². The molecule has 2 heterocycles. The maximum Gasteiger partial charge on any atom is 0.321 e. The highest BCUT2D eigenvalue weighted by Crippen LogP contribution is 2.25. The van der Waals surface area contributed by atoms with Crippen LogP contribution in [-0.2, 0) is 4.79 Å². The summed E-state index contributed by atoms with van der Waals surface area (Å²) in [6.07, 6.45) is 2.55. The zero-order valence-electron chi connectivity index (χ0n) is 16.6. The Balaban J connectivity index is 1.71. The summed E-state index contributed by atoms with van der Waals surface area (Å²) in [4.78, 5) is 40.5. The normalized spacial score (nSPS) is 23.4. The molecular formula is C21H29N3O4. The molecule has 0 aliphatic carbocycles. The monoisotopic (exact) mass is 387 g/mol. The molecule has 3 rings (SSSR count). The van der Waals surface area contributed by atoms with Crippen molar-refractivity contribution in [2.45, 2.75) is 33.1 Å². The molecule has 2 unspecified atom stereocenters. The summed E-state index contributed by atoms with van der Waals surface area (Å²) in [7, 11) is 0. The van der Waals surface area contributed by atoms with Crippen molar-refractivity contribution in [1.82, 2.24) is 9.80 Å². The second-order valence-electron chi connectivity index (χ2n) is 8.23. The topological polar surface area (TPSA) is 90.0 Å². The number of hydrogen-bond acceptors (Lipinski definition) is 3. The van der Waals surface area contributed by atoms with E-state index in [2.05, 4.69) is 12.2 Å². The number of urea groups is 1. The van der Waals surface area contributed by atoms with Crippen LogP contribution in [0.1, 0.15) is 43.5 Å². The van der Waals surface area contributed by atoms with Crippen molar-refractivity contribution in [3.63, 3.8) is 0 Å². The molecule has 152 valence electrons. The van der Waals surface area contributed by atoms with Crippen LogP contribution in [0.3, 0.4) is 0 Å². The molecule has 2 aliphatic rings. The Morgan fingerprint density at radius 1 is 1.00 bits per heavy atom. The van der Waals surface area contributed by atoms with Gasteiger partial charge in [0.05, 0.1) is 17.2 Å². The number of carboxylic acid groups (broad SMARTS) is 1. The number of aliphatic carboxylic acids is 1. The molecule has 7 heteroatoms. The summed E-state index contributed by atoms with van der Waals surface area (Å²) in [6.45, 7) is 6.30. The molecular weight excluding hydrogens is 358 g/mol. The zero-order chi connectivity index (χ0) is 20.3. The van der Waals surface area contributed by atoms with E-state index in [4.69, 9.17) is 0 Å². The van der Waals surface area contributed by atoms with Gasteiger partial charge in [-0.1, -0.05) is 26.0 Å². The molecule has 2 saturated heterocycles. The first kappa shape index (κ1) is 20.2. The van der Waals surface area contributed by atoms with Crippen molar-refractivity contribution >= 4 is 23.6 Å². The van der Waals surface area contributed by atoms with Gasteiger partial charge in [-0.25, -0.2) is 4.79 Å². The van der Waals surface area contributed by atoms with E-state index in [1.807, 2.05) is 11.8 Å². The van der Waals surface area contributed by atoms with Crippen LogP contribution in [-0.4, -0.2) is 59.0 Å². The predicted octanol–water partition coefficient (Wildman–Crippen LogP) is 3.13. The van der Waals surface area contributed by atoms with Crippen LogP contribution in [0.2, 0.25) is 0 Å². The summed E-state index contributed by atoms with van der Waals surface area (Å²) >= 11 is 0. The summed E-state index contributed by atoms with van der Waals surface area (Å²) in [5.41, 5.74) is 0.950. The molecule has 0 saturated carbocycles. The highest BCUT2D eigenvalue weighted by molar-refractivity contribution is 6.03. The molecule has 1 aromatic rings. The lowest BCUT2D eigenvalue weighted by atomic mass is 9.91. The summed E-state index contributed by atoms with van der Waals surface area (Å²) < 4.78 is 0. The van der Waals surface area contributed by atoms with E-state index in [1.54, 1.807) is 24.3 Å². The molecule has 0 bridgehead atoms. The third-order valence-corrected chi connectivity index (χ3v) is 5.77.